The summed E-state index contributed by atoms with van der Waals surface area (Å²) in [6.45, 7) is 4.62. The van der Waals surface area contributed by atoms with Crippen LogP contribution in [0.25, 0.3) is 0 Å². The Kier molecular flexibility index (Phi) is 2.21. The molecule has 7 heteroatoms. The lowest BCUT2D eigenvalue weighted by molar-refractivity contribution is 0.0769. The van der Waals surface area contributed by atoms with Crippen LogP contribution >= 0.6 is 0 Å². The maximum atomic E-state index is 10.7. The minimum atomic E-state index is -0.550. The molecule has 1 aromatic rings. The first-order valence-electron chi connectivity index (χ1n) is 4.22. The lowest BCUT2D eigenvalue weighted by Crippen LogP contribution is -2.23. The molecule has 14 heavy (non-hydrogen) atoms. The summed E-state index contributed by atoms with van der Waals surface area (Å²) in [5.74, 6) is -0.114. The number of anilines is 1. The van der Waals surface area contributed by atoms with Gasteiger partial charge in [0.1, 0.15) is 6.10 Å². The Morgan fingerprint density at radius 3 is 3.29 bits per heavy atom. The van der Waals surface area contributed by atoms with Crippen LogP contribution in [0.1, 0.15) is 6.42 Å². The van der Waals surface area contributed by atoms with Gasteiger partial charge in [0.15, 0.2) is 0 Å². The Bertz CT molecular complexity index is 371. The molecule has 76 valence electrons. The predicted molar refractivity (Wildman–Crippen MR) is 48.4 cm³/mol. The smallest absolute Gasteiger partial charge is 0.391 e. The van der Waals surface area contributed by atoms with E-state index in [0.29, 0.717) is 12.5 Å². The molecule has 0 unspecified atom stereocenters. The van der Waals surface area contributed by atoms with Crippen molar-refractivity contribution in [3.8, 4) is 0 Å². The molecule has 1 atom stereocenters. The number of aromatic nitrogens is 2. The molecule has 1 fully saturated rings. The van der Waals surface area contributed by atoms with E-state index in [9.17, 15) is 4.79 Å². The average molecular weight is 198 g/mol. The monoisotopic (exact) mass is 198 g/mol. The van der Waals surface area contributed by atoms with Gasteiger partial charge in [0.05, 0.1) is 6.54 Å². The lowest BCUT2D eigenvalue weighted by Gasteiger charge is -2.11. The second-order valence-electron chi connectivity index (χ2n) is 3.01. The van der Waals surface area contributed by atoms with Crippen LogP contribution < -0.4 is 10.7 Å². The van der Waals surface area contributed by atoms with E-state index in [4.69, 9.17) is 4.84 Å². The highest BCUT2D eigenvalue weighted by atomic mass is 16.6. The molecule has 0 amide bonds. The van der Waals surface area contributed by atoms with Crippen molar-refractivity contribution in [2.45, 2.75) is 12.5 Å². The van der Waals surface area contributed by atoms with Crippen molar-refractivity contribution in [1.82, 2.24) is 10.1 Å². The first kappa shape index (κ1) is 8.79. The second-order valence-corrected chi connectivity index (χ2v) is 3.01. The number of aromatic amines is 1. The van der Waals surface area contributed by atoms with Crippen LogP contribution in [0, 0.1) is 0 Å². The van der Waals surface area contributed by atoms with Gasteiger partial charge in [0.2, 0.25) is 5.95 Å². The number of rotatable bonds is 3. The van der Waals surface area contributed by atoms with Crippen LogP contribution in [0.2, 0.25) is 0 Å². The van der Waals surface area contributed by atoms with Crippen LogP contribution in [0.3, 0.4) is 0 Å². The van der Waals surface area contributed by atoms with E-state index < -0.39 is 5.76 Å². The van der Waals surface area contributed by atoms with Crippen molar-refractivity contribution in [1.29, 1.82) is 0 Å². The number of hydrogen-bond acceptors (Lipinski definition) is 6. The van der Waals surface area contributed by atoms with E-state index in [-0.39, 0.29) is 6.10 Å². The molecule has 0 saturated carbocycles. The van der Waals surface area contributed by atoms with Crippen LogP contribution in [0.5, 0.6) is 0 Å². The van der Waals surface area contributed by atoms with Crippen molar-refractivity contribution in [3.05, 3.63) is 10.6 Å². The van der Waals surface area contributed by atoms with Gasteiger partial charge in [-0.2, -0.15) is 0 Å². The van der Waals surface area contributed by atoms with E-state index in [1.807, 2.05) is 4.90 Å². The van der Waals surface area contributed by atoms with Gasteiger partial charge in [-0.1, -0.05) is 0 Å². The minimum Gasteiger partial charge on any atom is -0.391 e. The molecule has 1 saturated heterocycles. The van der Waals surface area contributed by atoms with E-state index >= 15 is 0 Å². The fourth-order valence-corrected chi connectivity index (χ4v) is 1.47. The maximum absolute atomic E-state index is 10.7. The number of H-pyrrole nitrogens is 1. The van der Waals surface area contributed by atoms with Crippen molar-refractivity contribution in [3.63, 3.8) is 0 Å². The summed E-state index contributed by atoms with van der Waals surface area (Å²) in [6.07, 6.45) is 0.834. The molecule has 1 aromatic heterocycles. The summed E-state index contributed by atoms with van der Waals surface area (Å²) in [7, 11) is 0. The van der Waals surface area contributed by atoms with E-state index in [1.165, 1.54) is 0 Å². The lowest BCUT2D eigenvalue weighted by atomic mass is 10.3. The Morgan fingerprint density at radius 1 is 1.79 bits per heavy atom. The van der Waals surface area contributed by atoms with Crippen molar-refractivity contribution in [2.24, 2.45) is 5.16 Å². The molecule has 7 nitrogen and oxygen atoms in total. The van der Waals surface area contributed by atoms with E-state index in [2.05, 4.69) is 26.5 Å². The number of hydrogen-bond donors (Lipinski definition) is 1. The second kappa shape index (κ2) is 3.52. The summed E-state index contributed by atoms with van der Waals surface area (Å²) in [5.41, 5.74) is 0. The standard InChI is InChI=1S/C7H10N4O3/c1-8-13-5-2-3-11(4-5)6-9-7(12)14-10-6/h5H,1-4H2,(H,9,10,12)/t5-/m1/s1. The molecule has 1 aliphatic rings. The molecular formula is C7H10N4O3. The SMILES string of the molecule is C=NO[C@@H]1CCN(c2noc(=O)[nH]2)C1. The Morgan fingerprint density at radius 2 is 2.64 bits per heavy atom. The van der Waals surface area contributed by atoms with Crippen LogP contribution in [0.15, 0.2) is 14.5 Å². The molecule has 0 spiro atoms. The molecule has 0 aromatic carbocycles. The third-order valence-corrected chi connectivity index (χ3v) is 2.10. The van der Waals surface area contributed by atoms with Gasteiger partial charge in [0.25, 0.3) is 0 Å². The van der Waals surface area contributed by atoms with E-state index in [0.717, 1.165) is 13.0 Å². The van der Waals surface area contributed by atoms with Crippen molar-refractivity contribution < 1.29 is 9.36 Å². The van der Waals surface area contributed by atoms with Gasteiger partial charge in [-0.15, -0.1) is 5.16 Å². The molecule has 0 aliphatic carbocycles. The van der Waals surface area contributed by atoms with Crippen molar-refractivity contribution >= 4 is 12.7 Å². The summed E-state index contributed by atoms with van der Waals surface area (Å²) in [5, 5.41) is 6.93. The summed E-state index contributed by atoms with van der Waals surface area (Å²) in [4.78, 5) is 20.0. The number of nitrogens with zero attached hydrogens (tertiary/aromatic N) is 3. The minimum absolute atomic E-state index is 0.00713. The van der Waals surface area contributed by atoms with Gasteiger partial charge >= 0.3 is 5.76 Å². The summed E-state index contributed by atoms with van der Waals surface area (Å²) in [6, 6.07) is 0. The normalized spacial score (nSPS) is 21.1. The highest BCUT2D eigenvalue weighted by Crippen LogP contribution is 2.16. The topological polar surface area (TPSA) is 83.7 Å². The molecule has 0 radical (unpaired) electrons. The Hall–Kier alpha value is -1.79. The molecule has 2 rings (SSSR count). The molecule has 1 N–H and O–H groups in total. The fourth-order valence-electron chi connectivity index (χ4n) is 1.47. The van der Waals surface area contributed by atoms with Crippen LogP contribution in [0.4, 0.5) is 5.95 Å². The van der Waals surface area contributed by atoms with Crippen LogP contribution in [-0.2, 0) is 4.84 Å². The molecule has 0 bridgehead atoms. The summed E-state index contributed by atoms with van der Waals surface area (Å²) < 4.78 is 4.39. The predicted octanol–water partition coefficient (Wildman–Crippen LogP) is -0.426. The highest BCUT2D eigenvalue weighted by molar-refractivity contribution is 5.29. The third-order valence-electron chi connectivity index (χ3n) is 2.10. The third kappa shape index (κ3) is 1.61. The highest BCUT2D eigenvalue weighted by Gasteiger charge is 2.26. The Balaban J connectivity index is 2.02. The summed E-state index contributed by atoms with van der Waals surface area (Å²) >= 11 is 0. The molecule has 2 heterocycles. The first-order valence-corrected chi connectivity index (χ1v) is 4.22. The molecular weight excluding hydrogens is 188 g/mol. The van der Waals surface area contributed by atoms with Gasteiger partial charge in [0, 0.05) is 19.7 Å². The van der Waals surface area contributed by atoms with Gasteiger partial charge < -0.3 is 9.74 Å². The zero-order valence-electron chi connectivity index (χ0n) is 7.47. The number of oxime groups is 1. The average Bonchev–Trinajstić information content (AvgIpc) is 2.74. The Labute approximate surface area is 79.3 Å². The van der Waals surface area contributed by atoms with Gasteiger partial charge in [-0.05, 0) is 5.16 Å². The zero-order chi connectivity index (χ0) is 9.97. The fraction of sp³-hybridized carbons (Fsp3) is 0.571. The first-order chi connectivity index (χ1) is 6.79. The quantitative estimate of drug-likeness (QED) is 0.526. The van der Waals surface area contributed by atoms with Crippen LogP contribution in [-0.4, -0.2) is 36.1 Å². The zero-order valence-corrected chi connectivity index (χ0v) is 7.47. The largest absolute Gasteiger partial charge is 0.440 e. The van der Waals surface area contributed by atoms with E-state index in [1.54, 1.807) is 0 Å². The number of nitrogens with one attached hydrogen (secondary N) is 1. The van der Waals surface area contributed by atoms with Gasteiger partial charge in [-0.25, -0.2) is 4.79 Å². The van der Waals surface area contributed by atoms with Crippen molar-refractivity contribution in [2.75, 3.05) is 18.0 Å². The van der Waals surface area contributed by atoms with Gasteiger partial charge in [-0.3, -0.25) is 9.51 Å². The molecule has 1 aliphatic heterocycles. The maximum Gasteiger partial charge on any atom is 0.440 e.